The largest absolute Gasteiger partial charge is 0.325 e. The number of carbonyl (C=O) groups is 3. The molecule has 0 radical (unpaired) electrons. The van der Waals surface area contributed by atoms with Crippen LogP contribution in [0.25, 0.3) is 0 Å². The molecule has 0 aromatic heterocycles. The second-order valence-electron chi connectivity index (χ2n) is 6.52. The summed E-state index contributed by atoms with van der Waals surface area (Å²) < 4.78 is 14.4. The summed E-state index contributed by atoms with van der Waals surface area (Å²) in [6.07, 6.45) is 1.06. The minimum absolute atomic E-state index is 0.0249. The van der Waals surface area contributed by atoms with Gasteiger partial charge in [-0.2, -0.15) is 0 Å². The van der Waals surface area contributed by atoms with Crippen molar-refractivity contribution in [2.75, 3.05) is 11.9 Å². The highest BCUT2D eigenvalue weighted by molar-refractivity contribution is 9.10. The van der Waals surface area contributed by atoms with Crippen molar-refractivity contribution >= 4 is 39.5 Å². The molecule has 28 heavy (non-hydrogen) atoms. The van der Waals surface area contributed by atoms with Crippen LogP contribution in [0.3, 0.4) is 0 Å². The molecule has 2 aromatic carbocycles. The third-order valence-corrected chi connectivity index (χ3v) is 5.07. The Bertz CT molecular complexity index is 922. The van der Waals surface area contributed by atoms with Crippen LogP contribution < -0.4 is 10.6 Å². The van der Waals surface area contributed by atoms with Crippen LogP contribution in [0.5, 0.6) is 0 Å². The highest BCUT2D eigenvalue weighted by Crippen LogP contribution is 2.33. The molecule has 0 spiro atoms. The van der Waals surface area contributed by atoms with Gasteiger partial charge in [-0.1, -0.05) is 59.6 Å². The molecular formula is C20H19BrFN3O3. The number of halogens is 2. The molecule has 1 atom stereocenters. The molecule has 146 valence electrons. The summed E-state index contributed by atoms with van der Waals surface area (Å²) >= 11 is 3.14. The lowest BCUT2D eigenvalue weighted by molar-refractivity contribution is -0.134. The highest BCUT2D eigenvalue weighted by Gasteiger charge is 2.52. The van der Waals surface area contributed by atoms with E-state index in [4.69, 9.17) is 0 Å². The number of hydrogen-bond acceptors (Lipinski definition) is 3. The van der Waals surface area contributed by atoms with Gasteiger partial charge in [-0.15, -0.1) is 0 Å². The maximum Gasteiger partial charge on any atom is 0.325 e. The lowest BCUT2D eigenvalue weighted by atomic mass is 9.85. The van der Waals surface area contributed by atoms with Gasteiger partial charge >= 0.3 is 6.03 Å². The van der Waals surface area contributed by atoms with Crippen LogP contribution in [0.15, 0.2) is 53.0 Å². The molecule has 1 aliphatic heterocycles. The maximum atomic E-state index is 13.9. The van der Waals surface area contributed by atoms with Gasteiger partial charge in [0, 0.05) is 4.47 Å². The zero-order valence-electron chi connectivity index (χ0n) is 15.2. The summed E-state index contributed by atoms with van der Waals surface area (Å²) in [4.78, 5) is 38.8. The Balaban J connectivity index is 1.80. The molecule has 1 heterocycles. The number of carbonyl (C=O) groups excluding carboxylic acids is 3. The fourth-order valence-corrected chi connectivity index (χ4v) is 3.63. The van der Waals surface area contributed by atoms with Gasteiger partial charge in [-0.05, 0) is 30.2 Å². The van der Waals surface area contributed by atoms with Gasteiger partial charge in [0.05, 0.1) is 5.69 Å². The molecule has 1 unspecified atom stereocenters. The van der Waals surface area contributed by atoms with Crippen LogP contribution in [0.4, 0.5) is 14.9 Å². The van der Waals surface area contributed by atoms with Crippen molar-refractivity contribution in [1.29, 1.82) is 0 Å². The SMILES string of the molecule is CCCC1(c2ccccc2)NC(=O)N(CC(=O)Nc2ccc(Br)cc2F)C1=O. The number of imide groups is 1. The summed E-state index contributed by atoms with van der Waals surface area (Å²) in [6.45, 7) is 1.41. The van der Waals surface area contributed by atoms with Gasteiger partial charge in [0.1, 0.15) is 17.9 Å². The van der Waals surface area contributed by atoms with Gasteiger partial charge in [0.15, 0.2) is 0 Å². The van der Waals surface area contributed by atoms with E-state index in [9.17, 15) is 18.8 Å². The first kappa shape index (κ1) is 20.0. The standard InChI is InChI=1S/C20H19BrFN3O3/c1-2-10-20(13-6-4-3-5-7-13)18(27)25(19(28)24-20)12-17(26)23-16-9-8-14(21)11-15(16)22/h3-9,11H,2,10,12H2,1H3,(H,23,26)(H,24,28). The monoisotopic (exact) mass is 447 g/mol. The zero-order valence-corrected chi connectivity index (χ0v) is 16.8. The van der Waals surface area contributed by atoms with E-state index >= 15 is 0 Å². The number of hydrogen-bond donors (Lipinski definition) is 2. The second kappa shape index (κ2) is 8.10. The number of nitrogens with zero attached hydrogens (tertiary/aromatic N) is 1. The number of benzene rings is 2. The molecule has 2 aromatic rings. The lowest BCUT2D eigenvalue weighted by Gasteiger charge is -2.26. The predicted octanol–water partition coefficient (Wildman–Crippen LogP) is 3.77. The average Bonchev–Trinajstić information content (AvgIpc) is 2.90. The van der Waals surface area contributed by atoms with E-state index in [0.29, 0.717) is 22.9 Å². The first-order valence-corrected chi connectivity index (χ1v) is 9.61. The molecule has 4 amide bonds. The van der Waals surface area contributed by atoms with Crippen LogP contribution in [0.2, 0.25) is 0 Å². The average molecular weight is 448 g/mol. The summed E-state index contributed by atoms with van der Waals surface area (Å²) in [6, 6.07) is 12.5. The number of urea groups is 1. The van der Waals surface area contributed by atoms with E-state index in [-0.39, 0.29) is 5.69 Å². The van der Waals surface area contributed by atoms with Gasteiger partial charge in [-0.3, -0.25) is 14.5 Å². The van der Waals surface area contributed by atoms with Crippen molar-refractivity contribution in [2.24, 2.45) is 0 Å². The lowest BCUT2D eigenvalue weighted by Crippen LogP contribution is -2.44. The Hall–Kier alpha value is -2.74. The molecule has 2 N–H and O–H groups in total. The fourth-order valence-electron chi connectivity index (χ4n) is 3.30. The van der Waals surface area contributed by atoms with Crippen molar-refractivity contribution < 1.29 is 18.8 Å². The predicted molar refractivity (Wildman–Crippen MR) is 106 cm³/mol. The van der Waals surface area contributed by atoms with Crippen LogP contribution in [-0.4, -0.2) is 29.3 Å². The molecule has 3 rings (SSSR count). The van der Waals surface area contributed by atoms with E-state index < -0.39 is 35.7 Å². The van der Waals surface area contributed by atoms with E-state index in [1.54, 1.807) is 30.3 Å². The molecule has 0 aliphatic carbocycles. The van der Waals surface area contributed by atoms with E-state index in [0.717, 1.165) is 4.90 Å². The maximum absolute atomic E-state index is 13.9. The fraction of sp³-hybridized carbons (Fsp3) is 0.250. The zero-order chi connectivity index (χ0) is 20.3. The molecule has 0 saturated carbocycles. The van der Waals surface area contributed by atoms with Crippen LogP contribution in [0.1, 0.15) is 25.3 Å². The molecule has 1 saturated heterocycles. The summed E-state index contributed by atoms with van der Waals surface area (Å²) in [7, 11) is 0. The van der Waals surface area contributed by atoms with Crippen LogP contribution in [0, 0.1) is 5.82 Å². The Labute approximate surface area is 170 Å². The number of anilines is 1. The highest BCUT2D eigenvalue weighted by atomic mass is 79.9. The van der Waals surface area contributed by atoms with E-state index in [1.807, 2.05) is 13.0 Å². The van der Waals surface area contributed by atoms with Crippen molar-refractivity contribution in [3.8, 4) is 0 Å². The third kappa shape index (κ3) is 3.77. The Morgan fingerprint density at radius 3 is 2.57 bits per heavy atom. The molecular weight excluding hydrogens is 429 g/mol. The summed E-state index contributed by atoms with van der Waals surface area (Å²) in [5.74, 6) is -1.77. The third-order valence-electron chi connectivity index (χ3n) is 4.57. The Morgan fingerprint density at radius 1 is 1.21 bits per heavy atom. The Kier molecular flexibility index (Phi) is 5.79. The van der Waals surface area contributed by atoms with Crippen molar-refractivity contribution in [3.05, 3.63) is 64.4 Å². The quantitative estimate of drug-likeness (QED) is 0.661. The minimum Gasteiger partial charge on any atom is -0.322 e. The normalized spacial score (nSPS) is 18.9. The van der Waals surface area contributed by atoms with Gasteiger partial charge < -0.3 is 10.6 Å². The number of amides is 4. The summed E-state index contributed by atoms with van der Waals surface area (Å²) in [5, 5.41) is 5.15. The van der Waals surface area contributed by atoms with Gasteiger partial charge in [0.2, 0.25) is 5.91 Å². The van der Waals surface area contributed by atoms with Gasteiger partial charge in [-0.25, -0.2) is 9.18 Å². The number of nitrogens with one attached hydrogen (secondary N) is 2. The first-order valence-electron chi connectivity index (χ1n) is 8.82. The molecule has 6 nitrogen and oxygen atoms in total. The van der Waals surface area contributed by atoms with Crippen molar-refractivity contribution in [3.63, 3.8) is 0 Å². The molecule has 1 fully saturated rings. The molecule has 8 heteroatoms. The molecule has 1 aliphatic rings. The van der Waals surface area contributed by atoms with Crippen molar-refractivity contribution in [2.45, 2.75) is 25.3 Å². The minimum atomic E-state index is -1.20. The van der Waals surface area contributed by atoms with Gasteiger partial charge in [0.25, 0.3) is 5.91 Å². The Morgan fingerprint density at radius 2 is 1.93 bits per heavy atom. The summed E-state index contributed by atoms with van der Waals surface area (Å²) in [5.41, 5.74) is -0.559. The number of rotatable bonds is 6. The van der Waals surface area contributed by atoms with Crippen LogP contribution >= 0.6 is 15.9 Å². The van der Waals surface area contributed by atoms with E-state index in [1.165, 1.54) is 12.1 Å². The molecule has 0 bridgehead atoms. The van der Waals surface area contributed by atoms with E-state index in [2.05, 4.69) is 26.6 Å². The topological polar surface area (TPSA) is 78.5 Å². The van der Waals surface area contributed by atoms with Crippen molar-refractivity contribution in [1.82, 2.24) is 10.2 Å². The first-order chi connectivity index (χ1) is 13.4. The van der Waals surface area contributed by atoms with Crippen LogP contribution in [-0.2, 0) is 15.1 Å². The second-order valence-corrected chi connectivity index (χ2v) is 7.43. The smallest absolute Gasteiger partial charge is 0.322 e.